The Bertz CT molecular complexity index is 581. The fourth-order valence-electron chi connectivity index (χ4n) is 2.77. The third-order valence-electron chi connectivity index (χ3n) is 4.13. The molecular weight excluding hydrogens is 274 g/mol. The molecule has 5 heteroatoms. The van der Waals surface area contributed by atoms with Crippen LogP contribution in [-0.4, -0.2) is 41.6 Å². The molecule has 2 aromatic heterocycles. The van der Waals surface area contributed by atoms with Gasteiger partial charge in [0.25, 0.3) is 0 Å². The second-order valence-corrected chi connectivity index (χ2v) is 5.79. The van der Waals surface area contributed by atoms with Crippen LogP contribution in [0.5, 0.6) is 0 Å². The highest BCUT2D eigenvalue weighted by molar-refractivity contribution is 5.43. The Morgan fingerprint density at radius 3 is 2.59 bits per heavy atom. The molecule has 2 aromatic rings. The predicted octanol–water partition coefficient (Wildman–Crippen LogP) is 2.54. The van der Waals surface area contributed by atoms with Gasteiger partial charge in [0.15, 0.2) is 0 Å². The van der Waals surface area contributed by atoms with E-state index in [4.69, 9.17) is 4.98 Å². The molecule has 0 N–H and O–H groups in total. The second-order valence-electron chi connectivity index (χ2n) is 5.79. The number of piperidine rings is 1. The van der Waals surface area contributed by atoms with Crippen molar-refractivity contribution < 1.29 is 0 Å². The van der Waals surface area contributed by atoms with Crippen molar-refractivity contribution >= 4 is 11.8 Å². The van der Waals surface area contributed by atoms with E-state index in [1.807, 2.05) is 24.7 Å². The van der Waals surface area contributed by atoms with Crippen molar-refractivity contribution in [2.24, 2.45) is 0 Å². The highest BCUT2D eigenvalue weighted by Crippen LogP contribution is 2.19. The van der Waals surface area contributed by atoms with Gasteiger partial charge in [-0.1, -0.05) is 0 Å². The SMILES string of the molecule is CN(CCc1ccncc1)c1nccc(N2CCCCC2)n1. The van der Waals surface area contributed by atoms with E-state index in [2.05, 4.69) is 38.9 Å². The van der Waals surface area contributed by atoms with Gasteiger partial charge in [0.05, 0.1) is 0 Å². The summed E-state index contributed by atoms with van der Waals surface area (Å²) in [6, 6.07) is 6.13. The topological polar surface area (TPSA) is 45.2 Å². The smallest absolute Gasteiger partial charge is 0.227 e. The lowest BCUT2D eigenvalue weighted by Gasteiger charge is -2.28. The molecule has 1 saturated heterocycles. The lowest BCUT2D eigenvalue weighted by atomic mass is 10.1. The van der Waals surface area contributed by atoms with Gasteiger partial charge in [0.1, 0.15) is 5.82 Å². The van der Waals surface area contributed by atoms with Crippen LogP contribution in [0.3, 0.4) is 0 Å². The highest BCUT2D eigenvalue weighted by Gasteiger charge is 2.13. The van der Waals surface area contributed by atoms with E-state index in [1.54, 1.807) is 0 Å². The molecule has 0 spiro atoms. The average molecular weight is 297 g/mol. The fourth-order valence-corrected chi connectivity index (χ4v) is 2.77. The van der Waals surface area contributed by atoms with Gasteiger partial charge in [-0.15, -0.1) is 0 Å². The molecule has 0 aromatic carbocycles. The van der Waals surface area contributed by atoms with Crippen LogP contribution in [0.4, 0.5) is 11.8 Å². The molecule has 3 heterocycles. The maximum Gasteiger partial charge on any atom is 0.227 e. The summed E-state index contributed by atoms with van der Waals surface area (Å²) in [5, 5.41) is 0. The summed E-state index contributed by atoms with van der Waals surface area (Å²) in [7, 11) is 2.05. The summed E-state index contributed by atoms with van der Waals surface area (Å²) in [4.78, 5) is 17.7. The number of nitrogens with zero attached hydrogens (tertiary/aromatic N) is 5. The Balaban J connectivity index is 1.63. The van der Waals surface area contributed by atoms with E-state index in [9.17, 15) is 0 Å². The maximum atomic E-state index is 4.74. The molecule has 1 aliphatic rings. The Labute approximate surface area is 132 Å². The standard InChI is InChI=1S/C17H23N5/c1-21(14-8-15-5-9-18-10-6-15)17-19-11-7-16(20-17)22-12-3-2-4-13-22/h5-7,9-11H,2-4,8,12-14H2,1H3. The van der Waals surface area contributed by atoms with Gasteiger partial charge >= 0.3 is 0 Å². The van der Waals surface area contributed by atoms with Crippen LogP contribution in [0.1, 0.15) is 24.8 Å². The number of likely N-dealkylation sites (N-methyl/N-ethyl adjacent to an activating group) is 1. The zero-order valence-corrected chi connectivity index (χ0v) is 13.1. The van der Waals surface area contributed by atoms with Gasteiger partial charge in [-0.3, -0.25) is 4.98 Å². The summed E-state index contributed by atoms with van der Waals surface area (Å²) in [6.45, 7) is 3.11. The zero-order chi connectivity index (χ0) is 15.2. The molecule has 3 rings (SSSR count). The molecule has 22 heavy (non-hydrogen) atoms. The third-order valence-corrected chi connectivity index (χ3v) is 4.13. The minimum absolute atomic E-state index is 0.803. The number of hydrogen-bond acceptors (Lipinski definition) is 5. The summed E-state index contributed by atoms with van der Waals surface area (Å²) in [5.41, 5.74) is 1.29. The van der Waals surface area contributed by atoms with Gasteiger partial charge in [0.2, 0.25) is 5.95 Å². The first-order chi connectivity index (χ1) is 10.8. The van der Waals surface area contributed by atoms with Gasteiger partial charge < -0.3 is 9.80 Å². The minimum atomic E-state index is 0.803. The van der Waals surface area contributed by atoms with Crippen molar-refractivity contribution in [1.29, 1.82) is 0 Å². The molecular formula is C17H23N5. The van der Waals surface area contributed by atoms with E-state index in [-0.39, 0.29) is 0 Å². The van der Waals surface area contributed by atoms with Crippen LogP contribution in [0.15, 0.2) is 36.8 Å². The van der Waals surface area contributed by atoms with Crippen molar-refractivity contribution in [1.82, 2.24) is 15.0 Å². The number of anilines is 2. The van der Waals surface area contributed by atoms with Crippen molar-refractivity contribution in [2.45, 2.75) is 25.7 Å². The Morgan fingerprint density at radius 2 is 1.82 bits per heavy atom. The summed E-state index contributed by atoms with van der Waals surface area (Å²) in [5.74, 6) is 1.86. The number of aromatic nitrogens is 3. The summed E-state index contributed by atoms with van der Waals surface area (Å²) in [6.07, 6.45) is 10.4. The maximum absolute atomic E-state index is 4.74. The number of hydrogen-bond donors (Lipinski definition) is 0. The van der Waals surface area contributed by atoms with E-state index >= 15 is 0 Å². The molecule has 0 amide bonds. The first-order valence-corrected chi connectivity index (χ1v) is 8.01. The highest BCUT2D eigenvalue weighted by atomic mass is 15.3. The average Bonchev–Trinajstić information content (AvgIpc) is 2.61. The zero-order valence-electron chi connectivity index (χ0n) is 13.1. The van der Waals surface area contributed by atoms with Crippen LogP contribution in [0.2, 0.25) is 0 Å². The normalized spacial score (nSPS) is 14.9. The molecule has 1 fully saturated rings. The van der Waals surface area contributed by atoms with Crippen LogP contribution in [0.25, 0.3) is 0 Å². The van der Waals surface area contributed by atoms with Gasteiger partial charge in [-0.2, -0.15) is 4.98 Å². The van der Waals surface area contributed by atoms with E-state index in [0.717, 1.165) is 37.8 Å². The van der Waals surface area contributed by atoms with Crippen LogP contribution in [-0.2, 0) is 6.42 Å². The van der Waals surface area contributed by atoms with Crippen LogP contribution in [0, 0.1) is 0 Å². The van der Waals surface area contributed by atoms with Gasteiger partial charge in [0, 0.05) is 45.3 Å². The van der Waals surface area contributed by atoms with E-state index in [0.29, 0.717) is 0 Å². The molecule has 0 bridgehead atoms. The molecule has 0 saturated carbocycles. The second kappa shape index (κ2) is 7.20. The monoisotopic (exact) mass is 297 g/mol. The molecule has 5 nitrogen and oxygen atoms in total. The lowest BCUT2D eigenvalue weighted by molar-refractivity contribution is 0.573. The molecule has 0 radical (unpaired) electrons. The van der Waals surface area contributed by atoms with Crippen LogP contribution < -0.4 is 9.80 Å². The van der Waals surface area contributed by atoms with Crippen molar-refractivity contribution in [3.05, 3.63) is 42.4 Å². The van der Waals surface area contributed by atoms with E-state index < -0.39 is 0 Å². The van der Waals surface area contributed by atoms with Crippen molar-refractivity contribution in [3.63, 3.8) is 0 Å². The first-order valence-electron chi connectivity index (χ1n) is 8.01. The third kappa shape index (κ3) is 3.72. The van der Waals surface area contributed by atoms with E-state index in [1.165, 1.54) is 24.8 Å². The largest absolute Gasteiger partial charge is 0.356 e. The summed E-state index contributed by atoms with van der Waals surface area (Å²) >= 11 is 0. The quantitative estimate of drug-likeness (QED) is 0.848. The summed E-state index contributed by atoms with van der Waals surface area (Å²) < 4.78 is 0. The Hall–Kier alpha value is -2.17. The van der Waals surface area contributed by atoms with Gasteiger partial charge in [-0.05, 0) is 49.4 Å². The molecule has 0 aliphatic carbocycles. The Morgan fingerprint density at radius 1 is 1.05 bits per heavy atom. The molecule has 1 aliphatic heterocycles. The first kappa shape index (κ1) is 14.8. The fraction of sp³-hybridized carbons (Fsp3) is 0.471. The van der Waals surface area contributed by atoms with Gasteiger partial charge in [-0.25, -0.2) is 4.98 Å². The Kier molecular flexibility index (Phi) is 4.83. The number of rotatable bonds is 5. The predicted molar refractivity (Wildman–Crippen MR) is 89.3 cm³/mol. The molecule has 116 valence electrons. The number of pyridine rings is 1. The lowest BCUT2D eigenvalue weighted by Crippen LogP contribution is -2.31. The van der Waals surface area contributed by atoms with Crippen LogP contribution >= 0.6 is 0 Å². The van der Waals surface area contributed by atoms with Crippen molar-refractivity contribution in [2.75, 3.05) is 36.5 Å². The van der Waals surface area contributed by atoms with Crippen molar-refractivity contribution in [3.8, 4) is 0 Å². The molecule has 0 atom stereocenters. The minimum Gasteiger partial charge on any atom is -0.356 e. The molecule has 0 unspecified atom stereocenters.